The van der Waals surface area contributed by atoms with E-state index in [0.29, 0.717) is 35.6 Å². The molecule has 1 fully saturated rings. The first kappa shape index (κ1) is 29.9. The van der Waals surface area contributed by atoms with E-state index in [9.17, 15) is 15.3 Å². The number of phenolic OH excluding ortho intramolecular Hbond substituents is 2. The molecule has 0 radical (unpaired) electrons. The molecule has 0 amide bonds. The number of allylic oxidation sites excluding steroid dienone is 7. The van der Waals surface area contributed by atoms with E-state index in [1.807, 2.05) is 6.92 Å². The molecule has 4 N–H and O–H groups in total. The second kappa shape index (κ2) is 13.0. The number of ether oxygens (including phenoxy) is 2. The zero-order valence-electron chi connectivity index (χ0n) is 24.1. The van der Waals surface area contributed by atoms with Gasteiger partial charge in [-0.15, -0.1) is 6.58 Å². The van der Waals surface area contributed by atoms with E-state index < -0.39 is 11.6 Å². The van der Waals surface area contributed by atoms with Crippen LogP contribution in [0, 0.1) is 5.92 Å². The molecule has 0 spiro atoms. The molecule has 40 heavy (non-hydrogen) atoms. The molecule has 1 saturated heterocycles. The van der Waals surface area contributed by atoms with E-state index in [1.165, 1.54) is 11.6 Å². The van der Waals surface area contributed by atoms with Crippen LogP contribution in [0.5, 0.6) is 11.5 Å². The van der Waals surface area contributed by atoms with Gasteiger partial charge in [0.05, 0.1) is 24.5 Å². The van der Waals surface area contributed by atoms with Gasteiger partial charge in [0, 0.05) is 55.1 Å². The monoisotopic (exact) mass is 548 g/mol. The lowest BCUT2D eigenvalue weighted by molar-refractivity contribution is -0.0245. The minimum absolute atomic E-state index is 0.0112. The summed E-state index contributed by atoms with van der Waals surface area (Å²) in [6.07, 6.45) is 12.3. The third kappa shape index (κ3) is 6.78. The van der Waals surface area contributed by atoms with Gasteiger partial charge < -0.3 is 24.8 Å². The first-order chi connectivity index (χ1) is 19.1. The van der Waals surface area contributed by atoms with Crippen LogP contribution in [0.4, 0.5) is 0 Å². The molecule has 4 rings (SSSR count). The lowest BCUT2D eigenvalue weighted by Crippen LogP contribution is -2.51. The molecule has 3 atom stereocenters. The van der Waals surface area contributed by atoms with Crippen LogP contribution in [-0.4, -0.2) is 65.3 Å². The van der Waals surface area contributed by atoms with Crippen LogP contribution >= 0.6 is 0 Å². The van der Waals surface area contributed by atoms with Gasteiger partial charge in [0.25, 0.3) is 0 Å². The lowest BCUT2D eigenvalue weighted by atomic mass is 9.78. The summed E-state index contributed by atoms with van der Waals surface area (Å²) in [5, 5.41) is 36.7. The zero-order chi connectivity index (χ0) is 28.9. The van der Waals surface area contributed by atoms with Crippen molar-refractivity contribution < 1.29 is 24.8 Å². The number of phenols is 2. The summed E-state index contributed by atoms with van der Waals surface area (Å²) in [4.78, 5) is 2.40. The molecule has 0 bridgehead atoms. The Labute approximate surface area is 238 Å². The number of rotatable bonds is 10. The summed E-state index contributed by atoms with van der Waals surface area (Å²) in [5.74, 6) is 0.242. The molecule has 7 nitrogen and oxygen atoms in total. The van der Waals surface area contributed by atoms with Crippen molar-refractivity contribution in [2.75, 3.05) is 39.4 Å². The molecule has 1 aromatic carbocycles. The Balaban J connectivity index is 1.87. The molecule has 3 unspecified atom stereocenters. The van der Waals surface area contributed by atoms with Gasteiger partial charge in [-0.1, -0.05) is 56.4 Å². The second-order valence-electron chi connectivity index (χ2n) is 11.1. The van der Waals surface area contributed by atoms with E-state index in [4.69, 9.17) is 9.47 Å². The van der Waals surface area contributed by atoms with Crippen LogP contribution < -0.4 is 5.32 Å². The summed E-state index contributed by atoms with van der Waals surface area (Å²) in [6.45, 7) is 18.6. The van der Waals surface area contributed by atoms with E-state index in [1.54, 1.807) is 19.1 Å². The number of nitrogens with zero attached hydrogens (tertiary/aromatic N) is 1. The number of hydrogen-bond donors (Lipinski definition) is 4. The standard InChI is InChI=1S/C33H44N2O5/c1-6-13-34-33(5,38)28-18-23(4)40-32(27-19-26(22(3)7-2)29(36)20-30(27)37)31(28)25-10-8-9-24(11-12-25)21-35-14-16-39-17-15-35/h7-8,10-12,19-20,22,28,34,36-38H,2,4,6,9,13-18,21H2,1,3,5H3. The summed E-state index contributed by atoms with van der Waals surface area (Å²) in [6, 6.07) is 3.09. The molecule has 2 heterocycles. The van der Waals surface area contributed by atoms with Gasteiger partial charge in [-0.2, -0.15) is 0 Å². The number of hydrogen-bond acceptors (Lipinski definition) is 7. The molecule has 7 heteroatoms. The number of aromatic hydroxyl groups is 2. The highest BCUT2D eigenvalue weighted by molar-refractivity contribution is 5.77. The summed E-state index contributed by atoms with van der Waals surface area (Å²) < 4.78 is 11.8. The highest BCUT2D eigenvalue weighted by Crippen LogP contribution is 2.47. The Bertz CT molecular complexity index is 1230. The molecular weight excluding hydrogens is 504 g/mol. The maximum Gasteiger partial charge on any atom is 0.142 e. The normalized spacial score (nSPS) is 22.6. The van der Waals surface area contributed by atoms with E-state index in [2.05, 4.69) is 54.6 Å². The fraction of sp³-hybridized carbons (Fsp3) is 0.455. The molecule has 3 aliphatic rings. The van der Waals surface area contributed by atoms with Crippen molar-refractivity contribution in [3.8, 4) is 11.5 Å². The molecule has 216 valence electrons. The average molecular weight is 549 g/mol. The van der Waals surface area contributed by atoms with Gasteiger partial charge in [0.15, 0.2) is 0 Å². The minimum Gasteiger partial charge on any atom is -0.508 e. The average Bonchev–Trinajstić information content (AvgIpc) is 3.17. The largest absolute Gasteiger partial charge is 0.508 e. The zero-order valence-corrected chi connectivity index (χ0v) is 24.1. The van der Waals surface area contributed by atoms with Gasteiger partial charge in [-0.3, -0.25) is 10.2 Å². The SMILES string of the molecule is C=CC(C)c1cc(C2=C(C3=CC=C(CN4CCOCC4)CC=C3)C(C(C)(O)NCCC)CC(=C)O2)c(O)cc1O. The fourth-order valence-corrected chi connectivity index (χ4v) is 5.52. The van der Waals surface area contributed by atoms with Crippen LogP contribution in [0.15, 0.2) is 78.1 Å². The van der Waals surface area contributed by atoms with Gasteiger partial charge in [-0.05, 0) is 37.9 Å². The van der Waals surface area contributed by atoms with Crippen molar-refractivity contribution in [1.82, 2.24) is 10.2 Å². The fourth-order valence-electron chi connectivity index (χ4n) is 5.52. The van der Waals surface area contributed by atoms with Gasteiger partial charge in [0.2, 0.25) is 0 Å². The quantitative estimate of drug-likeness (QED) is 0.227. The van der Waals surface area contributed by atoms with Crippen LogP contribution in [0.25, 0.3) is 5.76 Å². The van der Waals surface area contributed by atoms with Crippen molar-refractivity contribution in [1.29, 1.82) is 0 Å². The summed E-state index contributed by atoms with van der Waals surface area (Å²) in [5.41, 5.74) is 2.75. The highest BCUT2D eigenvalue weighted by Gasteiger charge is 2.41. The van der Waals surface area contributed by atoms with Crippen molar-refractivity contribution in [2.24, 2.45) is 5.92 Å². The Morgan fingerprint density at radius 1 is 1.20 bits per heavy atom. The van der Waals surface area contributed by atoms with Crippen molar-refractivity contribution >= 4 is 5.76 Å². The van der Waals surface area contributed by atoms with Crippen molar-refractivity contribution in [2.45, 2.75) is 51.7 Å². The Hall–Kier alpha value is -3.10. The van der Waals surface area contributed by atoms with Crippen molar-refractivity contribution in [3.63, 3.8) is 0 Å². The second-order valence-corrected chi connectivity index (χ2v) is 11.1. The maximum absolute atomic E-state index is 11.7. The predicted molar refractivity (Wildman–Crippen MR) is 160 cm³/mol. The third-order valence-electron chi connectivity index (χ3n) is 7.93. The first-order valence-electron chi connectivity index (χ1n) is 14.3. The number of aliphatic hydroxyl groups is 1. The molecule has 0 saturated carbocycles. The number of nitrogens with one attached hydrogen (secondary N) is 1. The topological polar surface area (TPSA) is 94.4 Å². The van der Waals surface area contributed by atoms with Gasteiger partial charge in [0.1, 0.15) is 23.0 Å². The Kier molecular flexibility index (Phi) is 9.74. The van der Waals surface area contributed by atoms with Crippen LogP contribution in [0.1, 0.15) is 57.1 Å². The third-order valence-corrected chi connectivity index (χ3v) is 7.93. The van der Waals surface area contributed by atoms with Gasteiger partial charge in [-0.25, -0.2) is 0 Å². The van der Waals surface area contributed by atoms with Crippen LogP contribution in [0.3, 0.4) is 0 Å². The summed E-state index contributed by atoms with van der Waals surface area (Å²) >= 11 is 0. The molecule has 1 aliphatic carbocycles. The van der Waals surface area contributed by atoms with Crippen molar-refractivity contribution in [3.05, 3.63) is 89.3 Å². The smallest absolute Gasteiger partial charge is 0.142 e. The van der Waals surface area contributed by atoms with Crippen LogP contribution in [0.2, 0.25) is 0 Å². The highest BCUT2D eigenvalue weighted by atomic mass is 16.5. The first-order valence-corrected chi connectivity index (χ1v) is 14.3. The molecule has 2 aliphatic heterocycles. The number of morpholine rings is 1. The van der Waals surface area contributed by atoms with Gasteiger partial charge >= 0.3 is 0 Å². The predicted octanol–water partition coefficient (Wildman–Crippen LogP) is 5.50. The summed E-state index contributed by atoms with van der Waals surface area (Å²) in [7, 11) is 0. The van der Waals surface area contributed by atoms with E-state index >= 15 is 0 Å². The lowest BCUT2D eigenvalue weighted by Gasteiger charge is -2.40. The molecule has 1 aromatic rings. The van der Waals surface area contributed by atoms with E-state index in [-0.39, 0.29) is 17.4 Å². The Morgan fingerprint density at radius 3 is 2.65 bits per heavy atom. The molecule has 0 aromatic heterocycles. The minimum atomic E-state index is -1.27. The van der Waals surface area contributed by atoms with Crippen LogP contribution in [-0.2, 0) is 9.47 Å². The Morgan fingerprint density at radius 2 is 1.95 bits per heavy atom. The number of benzene rings is 1. The molecular formula is C33H44N2O5. The maximum atomic E-state index is 11.7. The van der Waals surface area contributed by atoms with E-state index in [0.717, 1.165) is 56.8 Å².